The van der Waals surface area contributed by atoms with Crippen LogP contribution in [0.2, 0.25) is 0 Å². The maximum atomic E-state index is 11.7. The Balaban J connectivity index is 1.73. The average Bonchev–Trinajstić information content (AvgIpc) is 2.50. The number of hydrogen-bond acceptors (Lipinski definition) is 5. The molecule has 0 saturated heterocycles. The number of hydrogen-bond donors (Lipinski definition) is 2. The third-order valence-electron chi connectivity index (χ3n) is 2.85. The van der Waals surface area contributed by atoms with E-state index in [4.69, 9.17) is 9.47 Å². The van der Waals surface area contributed by atoms with E-state index in [2.05, 4.69) is 33.0 Å². The molecule has 0 aliphatic carbocycles. The number of benzene rings is 1. The number of aliphatic imine (C=N–C) groups is 1. The van der Waals surface area contributed by atoms with Gasteiger partial charge in [-0.15, -0.1) is 0 Å². The van der Waals surface area contributed by atoms with Crippen molar-refractivity contribution in [1.82, 2.24) is 5.32 Å². The number of amides is 2. The van der Waals surface area contributed by atoms with Gasteiger partial charge in [0.25, 0.3) is 0 Å². The van der Waals surface area contributed by atoms with Crippen LogP contribution in [0.3, 0.4) is 0 Å². The molecule has 0 radical (unpaired) electrons. The maximum absolute atomic E-state index is 11.7. The zero-order chi connectivity index (χ0) is 14.9. The van der Waals surface area contributed by atoms with Crippen molar-refractivity contribution in [3.8, 4) is 11.5 Å². The largest absolute Gasteiger partial charge is 0.486 e. The predicted molar refractivity (Wildman–Crippen MR) is 83.6 cm³/mol. The van der Waals surface area contributed by atoms with Gasteiger partial charge in [-0.05, 0) is 37.2 Å². The van der Waals surface area contributed by atoms with Gasteiger partial charge in [0.15, 0.2) is 11.5 Å². The molecule has 6 nitrogen and oxygen atoms in total. The van der Waals surface area contributed by atoms with Gasteiger partial charge < -0.3 is 20.1 Å². The molecular weight excluding hydrogens is 290 g/mol. The normalized spacial score (nSPS) is 12.2. The fourth-order valence-corrected chi connectivity index (χ4v) is 1.95. The van der Waals surface area contributed by atoms with Gasteiger partial charge >= 0.3 is 6.03 Å². The quantitative estimate of drug-likeness (QED) is 0.481. The zero-order valence-corrected chi connectivity index (χ0v) is 12.4. The Bertz CT molecular complexity index is 544. The number of thiocarbonyl (C=S) groups is 1. The summed E-state index contributed by atoms with van der Waals surface area (Å²) in [5.41, 5.74) is 0.669. The second-order valence-corrected chi connectivity index (χ2v) is 4.60. The molecule has 0 bridgehead atoms. The number of fused-ring (bicyclic) bond motifs is 1. The van der Waals surface area contributed by atoms with Crippen molar-refractivity contribution in [3.63, 3.8) is 0 Å². The van der Waals surface area contributed by atoms with Crippen LogP contribution in [0.4, 0.5) is 10.5 Å². The SMILES string of the molecule is O=C(NCCCCN=C=S)Nc1ccc2c(c1)OCCO2. The number of carbonyl (C=O) groups is 1. The number of urea groups is 1. The molecule has 0 fully saturated rings. The summed E-state index contributed by atoms with van der Waals surface area (Å²) in [6.45, 7) is 2.30. The topological polar surface area (TPSA) is 72.0 Å². The van der Waals surface area contributed by atoms with Crippen molar-refractivity contribution in [2.45, 2.75) is 12.8 Å². The van der Waals surface area contributed by atoms with Crippen molar-refractivity contribution in [3.05, 3.63) is 18.2 Å². The number of isothiocyanates is 1. The van der Waals surface area contributed by atoms with Gasteiger partial charge in [-0.3, -0.25) is 0 Å². The average molecular weight is 307 g/mol. The van der Waals surface area contributed by atoms with Crippen LogP contribution in [0.25, 0.3) is 0 Å². The van der Waals surface area contributed by atoms with Crippen molar-refractivity contribution < 1.29 is 14.3 Å². The summed E-state index contributed by atoms with van der Waals surface area (Å²) in [4.78, 5) is 15.5. The molecule has 1 aliphatic heterocycles. The Hall–Kier alpha value is -2.11. The van der Waals surface area contributed by atoms with Gasteiger partial charge in [-0.1, -0.05) is 0 Å². The summed E-state index contributed by atoms with van der Waals surface area (Å²) >= 11 is 4.47. The molecule has 2 N–H and O–H groups in total. The molecule has 0 atom stereocenters. The van der Waals surface area contributed by atoms with Gasteiger partial charge in [0, 0.05) is 24.8 Å². The monoisotopic (exact) mass is 307 g/mol. The Morgan fingerprint density at radius 3 is 2.90 bits per heavy atom. The van der Waals surface area contributed by atoms with Gasteiger partial charge in [0.05, 0.1) is 5.16 Å². The van der Waals surface area contributed by atoms with Crippen molar-refractivity contribution in [1.29, 1.82) is 0 Å². The van der Waals surface area contributed by atoms with E-state index in [0.29, 0.717) is 43.5 Å². The van der Waals surface area contributed by atoms with Crippen LogP contribution in [0.15, 0.2) is 23.2 Å². The Kier molecular flexibility index (Phi) is 5.99. The lowest BCUT2D eigenvalue weighted by Crippen LogP contribution is -2.29. The smallest absolute Gasteiger partial charge is 0.319 e. The molecule has 0 unspecified atom stereocenters. The highest BCUT2D eigenvalue weighted by molar-refractivity contribution is 7.78. The minimum Gasteiger partial charge on any atom is -0.486 e. The standard InChI is InChI=1S/C14H17N3O3S/c18-14(16-6-2-1-5-15-10-21)17-11-3-4-12-13(9-11)20-8-7-19-12/h3-4,9H,1-2,5-8H2,(H2,16,17,18). The number of nitrogens with one attached hydrogen (secondary N) is 2. The second-order valence-electron chi connectivity index (χ2n) is 4.42. The summed E-state index contributed by atoms with van der Waals surface area (Å²) in [6, 6.07) is 5.07. The van der Waals surface area contributed by atoms with Crippen LogP contribution in [0.5, 0.6) is 11.5 Å². The van der Waals surface area contributed by atoms with Crippen LogP contribution in [-0.2, 0) is 0 Å². The van der Waals surface area contributed by atoms with E-state index in [0.717, 1.165) is 12.8 Å². The van der Waals surface area contributed by atoms with Crippen LogP contribution in [0, 0.1) is 0 Å². The summed E-state index contributed by atoms with van der Waals surface area (Å²) < 4.78 is 10.9. The number of ether oxygens (including phenoxy) is 2. The minimum atomic E-state index is -0.245. The Morgan fingerprint density at radius 2 is 2.10 bits per heavy atom. The summed E-state index contributed by atoms with van der Waals surface area (Å²) in [5, 5.41) is 7.85. The van der Waals surface area contributed by atoms with Crippen molar-refractivity contribution in [2.24, 2.45) is 4.99 Å². The summed E-state index contributed by atoms with van der Waals surface area (Å²) in [7, 11) is 0. The molecule has 1 aliphatic rings. The van der Waals surface area contributed by atoms with Crippen molar-refractivity contribution in [2.75, 3.05) is 31.6 Å². The van der Waals surface area contributed by atoms with E-state index in [1.807, 2.05) is 0 Å². The van der Waals surface area contributed by atoms with E-state index < -0.39 is 0 Å². The number of carbonyl (C=O) groups excluding carboxylic acids is 1. The van der Waals surface area contributed by atoms with Crippen LogP contribution in [-0.4, -0.2) is 37.5 Å². The third kappa shape index (κ3) is 5.06. The number of nitrogens with zero attached hydrogens (tertiary/aromatic N) is 1. The number of anilines is 1. The number of unbranched alkanes of at least 4 members (excludes halogenated alkanes) is 1. The Labute approximate surface area is 128 Å². The molecule has 112 valence electrons. The molecular formula is C14H17N3O3S. The summed E-state index contributed by atoms with van der Waals surface area (Å²) in [6.07, 6.45) is 1.71. The van der Waals surface area contributed by atoms with E-state index in [1.165, 1.54) is 0 Å². The minimum absolute atomic E-state index is 0.245. The van der Waals surface area contributed by atoms with E-state index in [-0.39, 0.29) is 6.03 Å². The van der Waals surface area contributed by atoms with E-state index >= 15 is 0 Å². The third-order valence-corrected chi connectivity index (χ3v) is 2.98. The molecule has 0 aromatic heterocycles. The highest BCUT2D eigenvalue weighted by atomic mass is 32.1. The predicted octanol–water partition coefficient (Wildman–Crippen LogP) is 2.46. The fraction of sp³-hybridized carbons (Fsp3) is 0.429. The van der Waals surface area contributed by atoms with Crippen LogP contribution < -0.4 is 20.1 Å². The first-order valence-corrected chi connectivity index (χ1v) is 7.18. The highest BCUT2D eigenvalue weighted by Gasteiger charge is 2.12. The van der Waals surface area contributed by atoms with Gasteiger partial charge in [-0.25, -0.2) is 9.79 Å². The first-order valence-electron chi connectivity index (χ1n) is 6.78. The first-order chi connectivity index (χ1) is 10.3. The molecule has 2 amide bonds. The van der Waals surface area contributed by atoms with Crippen LogP contribution in [0.1, 0.15) is 12.8 Å². The molecule has 0 spiro atoms. The maximum Gasteiger partial charge on any atom is 0.319 e. The summed E-state index contributed by atoms with van der Waals surface area (Å²) in [5.74, 6) is 1.35. The molecule has 1 aromatic rings. The van der Waals surface area contributed by atoms with Gasteiger partial charge in [0.2, 0.25) is 0 Å². The van der Waals surface area contributed by atoms with Gasteiger partial charge in [-0.2, -0.15) is 0 Å². The molecule has 7 heteroatoms. The van der Waals surface area contributed by atoms with Crippen LogP contribution >= 0.6 is 12.2 Å². The number of rotatable bonds is 6. The highest BCUT2D eigenvalue weighted by Crippen LogP contribution is 2.32. The second kappa shape index (κ2) is 8.24. The Morgan fingerprint density at radius 1 is 1.29 bits per heavy atom. The molecule has 1 heterocycles. The molecule has 0 saturated carbocycles. The van der Waals surface area contributed by atoms with E-state index in [1.54, 1.807) is 18.2 Å². The van der Waals surface area contributed by atoms with Gasteiger partial charge in [0.1, 0.15) is 13.2 Å². The molecule has 2 rings (SSSR count). The fourth-order valence-electron chi connectivity index (χ4n) is 1.86. The molecule has 1 aromatic carbocycles. The lowest BCUT2D eigenvalue weighted by Gasteiger charge is -2.19. The van der Waals surface area contributed by atoms with E-state index in [9.17, 15) is 4.79 Å². The zero-order valence-electron chi connectivity index (χ0n) is 11.6. The van der Waals surface area contributed by atoms with Crippen molar-refractivity contribution >= 4 is 29.1 Å². The lowest BCUT2D eigenvalue weighted by atomic mass is 10.2. The molecule has 21 heavy (non-hydrogen) atoms. The lowest BCUT2D eigenvalue weighted by molar-refractivity contribution is 0.171. The first kappa shape index (κ1) is 15.3.